The quantitative estimate of drug-likeness (QED) is 0.896. The summed E-state index contributed by atoms with van der Waals surface area (Å²) >= 11 is 3.55. The topological polar surface area (TPSA) is 24.9 Å². The van der Waals surface area contributed by atoms with Gasteiger partial charge in [0.05, 0.1) is 5.69 Å². The monoisotopic (exact) mass is 330 g/mol. The van der Waals surface area contributed by atoms with Crippen LogP contribution in [0.2, 0.25) is 0 Å². The fourth-order valence-electron chi connectivity index (χ4n) is 2.86. The van der Waals surface area contributed by atoms with Crippen molar-refractivity contribution in [3.05, 3.63) is 64.4 Å². The van der Waals surface area contributed by atoms with E-state index in [4.69, 9.17) is 0 Å². The van der Waals surface area contributed by atoms with Crippen molar-refractivity contribution < 1.29 is 0 Å². The Morgan fingerprint density at radius 2 is 2.05 bits per heavy atom. The van der Waals surface area contributed by atoms with Crippen LogP contribution in [-0.4, -0.2) is 11.0 Å². The molecule has 1 aromatic heterocycles. The van der Waals surface area contributed by atoms with Crippen molar-refractivity contribution in [2.45, 2.75) is 37.8 Å². The van der Waals surface area contributed by atoms with E-state index < -0.39 is 0 Å². The summed E-state index contributed by atoms with van der Waals surface area (Å²) in [4.78, 5) is 4.41. The molecule has 1 atom stereocenters. The first-order valence-electron chi connectivity index (χ1n) is 7.15. The van der Waals surface area contributed by atoms with Crippen molar-refractivity contribution >= 4 is 15.9 Å². The zero-order valence-electron chi connectivity index (χ0n) is 11.6. The summed E-state index contributed by atoms with van der Waals surface area (Å²) in [5.41, 5.74) is 2.57. The summed E-state index contributed by atoms with van der Waals surface area (Å²) in [5, 5.41) is 3.67. The fraction of sp³-hybridized carbons (Fsp3) is 0.353. The van der Waals surface area contributed by atoms with Gasteiger partial charge >= 0.3 is 0 Å². The van der Waals surface area contributed by atoms with Crippen molar-refractivity contribution in [1.82, 2.24) is 10.3 Å². The highest BCUT2D eigenvalue weighted by molar-refractivity contribution is 9.10. The molecule has 0 aliphatic heterocycles. The van der Waals surface area contributed by atoms with E-state index in [1.165, 1.54) is 22.9 Å². The third-order valence-corrected chi connectivity index (χ3v) is 4.57. The fourth-order valence-corrected chi connectivity index (χ4v) is 3.27. The smallest absolute Gasteiger partial charge is 0.0570 e. The minimum atomic E-state index is 0.324. The molecule has 0 saturated heterocycles. The summed E-state index contributed by atoms with van der Waals surface area (Å²) in [6, 6.07) is 15.7. The molecule has 104 valence electrons. The van der Waals surface area contributed by atoms with Gasteiger partial charge in [0, 0.05) is 22.8 Å². The standard InChI is InChI=1S/C17H19BrN2/c1-12(17-7-2-3-8-19-17)20-16-10-14(11-16)13-5-4-6-15(18)9-13/h2-9,12,14,16,20H,10-11H2,1H3. The molecule has 1 N–H and O–H groups in total. The highest BCUT2D eigenvalue weighted by Crippen LogP contribution is 2.38. The first-order chi connectivity index (χ1) is 9.72. The predicted octanol–water partition coefficient (Wildman–Crippen LogP) is 4.44. The Balaban J connectivity index is 1.54. The molecule has 1 aliphatic carbocycles. The lowest BCUT2D eigenvalue weighted by molar-refractivity contribution is 0.269. The maximum absolute atomic E-state index is 4.41. The second kappa shape index (κ2) is 6.06. The van der Waals surface area contributed by atoms with Crippen LogP contribution in [0.25, 0.3) is 0 Å². The summed E-state index contributed by atoms with van der Waals surface area (Å²) in [6.07, 6.45) is 4.29. The lowest BCUT2D eigenvalue weighted by Gasteiger charge is -2.38. The molecular formula is C17H19BrN2. The third-order valence-electron chi connectivity index (χ3n) is 4.08. The van der Waals surface area contributed by atoms with Gasteiger partial charge < -0.3 is 5.32 Å². The molecule has 2 nitrogen and oxygen atoms in total. The molecule has 0 spiro atoms. The summed E-state index contributed by atoms with van der Waals surface area (Å²) in [5.74, 6) is 0.695. The normalized spacial score (nSPS) is 23.1. The van der Waals surface area contributed by atoms with Crippen molar-refractivity contribution in [3.8, 4) is 0 Å². The predicted molar refractivity (Wildman–Crippen MR) is 85.7 cm³/mol. The number of rotatable bonds is 4. The Hall–Kier alpha value is -1.19. The highest BCUT2D eigenvalue weighted by atomic mass is 79.9. The molecule has 1 saturated carbocycles. The number of halogens is 1. The van der Waals surface area contributed by atoms with E-state index in [0.29, 0.717) is 18.0 Å². The number of nitrogens with zero attached hydrogens (tertiary/aromatic N) is 1. The van der Waals surface area contributed by atoms with Gasteiger partial charge in [0.2, 0.25) is 0 Å². The number of hydrogen-bond acceptors (Lipinski definition) is 2. The van der Waals surface area contributed by atoms with Gasteiger partial charge in [0.15, 0.2) is 0 Å². The van der Waals surface area contributed by atoms with Crippen LogP contribution >= 0.6 is 15.9 Å². The van der Waals surface area contributed by atoms with Gasteiger partial charge in [0.1, 0.15) is 0 Å². The highest BCUT2D eigenvalue weighted by Gasteiger charge is 2.31. The van der Waals surface area contributed by atoms with Crippen molar-refractivity contribution in [3.63, 3.8) is 0 Å². The van der Waals surface area contributed by atoms with E-state index in [-0.39, 0.29) is 0 Å². The number of benzene rings is 1. The molecule has 1 aliphatic rings. The minimum Gasteiger partial charge on any atom is -0.306 e. The zero-order valence-corrected chi connectivity index (χ0v) is 13.2. The van der Waals surface area contributed by atoms with Crippen LogP contribution in [0.3, 0.4) is 0 Å². The van der Waals surface area contributed by atoms with E-state index in [2.05, 4.69) is 63.5 Å². The molecule has 0 radical (unpaired) electrons. The van der Waals surface area contributed by atoms with Crippen LogP contribution in [0.1, 0.15) is 43.0 Å². The van der Waals surface area contributed by atoms with Crippen LogP contribution < -0.4 is 5.32 Å². The van der Waals surface area contributed by atoms with Crippen molar-refractivity contribution in [1.29, 1.82) is 0 Å². The first-order valence-corrected chi connectivity index (χ1v) is 7.94. The second-order valence-corrected chi connectivity index (χ2v) is 6.48. The average Bonchev–Trinajstić information content (AvgIpc) is 2.43. The molecule has 20 heavy (non-hydrogen) atoms. The van der Waals surface area contributed by atoms with Crippen LogP contribution in [0.4, 0.5) is 0 Å². The van der Waals surface area contributed by atoms with E-state index in [9.17, 15) is 0 Å². The van der Waals surface area contributed by atoms with Crippen molar-refractivity contribution in [2.24, 2.45) is 0 Å². The maximum atomic E-state index is 4.41. The average molecular weight is 331 g/mol. The van der Waals surface area contributed by atoms with Crippen LogP contribution in [-0.2, 0) is 0 Å². The Labute approximate surface area is 128 Å². The van der Waals surface area contributed by atoms with Gasteiger partial charge in [-0.25, -0.2) is 0 Å². The Bertz CT molecular complexity index is 564. The first kappa shape index (κ1) is 13.8. The molecule has 1 fully saturated rings. The summed E-state index contributed by atoms with van der Waals surface area (Å²) in [7, 11) is 0. The lowest BCUT2D eigenvalue weighted by atomic mass is 9.75. The summed E-state index contributed by atoms with van der Waals surface area (Å²) < 4.78 is 1.17. The molecule has 2 aromatic rings. The van der Waals surface area contributed by atoms with E-state index in [0.717, 1.165) is 5.69 Å². The molecule has 3 rings (SSSR count). The molecule has 1 heterocycles. The number of nitrogens with one attached hydrogen (secondary N) is 1. The number of aromatic nitrogens is 1. The van der Waals surface area contributed by atoms with Gasteiger partial charge in [-0.1, -0.05) is 34.1 Å². The maximum Gasteiger partial charge on any atom is 0.0570 e. The molecule has 1 aromatic carbocycles. The molecule has 1 unspecified atom stereocenters. The number of hydrogen-bond donors (Lipinski definition) is 1. The van der Waals surface area contributed by atoms with E-state index in [1.54, 1.807) is 0 Å². The SMILES string of the molecule is CC(NC1CC(c2cccc(Br)c2)C1)c1ccccn1. The number of pyridine rings is 1. The van der Waals surface area contributed by atoms with Gasteiger partial charge in [-0.2, -0.15) is 0 Å². The van der Waals surface area contributed by atoms with Crippen LogP contribution in [0.5, 0.6) is 0 Å². The zero-order chi connectivity index (χ0) is 13.9. The Kier molecular flexibility index (Phi) is 4.18. The van der Waals surface area contributed by atoms with Crippen molar-refractivity contribution in [2.75, 3.05) is 0 Å². The molecular weight excluding hydrogens is 312 g/mol. The van der Waals surface area contributed by atoms with Crippen LogP contribution in [0.15, 0.2) is 53.1 Å². The van der Waals surface area contributed by atoms with Gasteiger partial charge in [0.25, 0.3) is 0 Å². The Morgan fingerprint density at radius 1 is 1.20 bits per heavy atom. The lowest BCUT2D eigenvalue weighted by Crippen LogP contribution is -2.41. The largest absolute Gasteiger partial charge is 0.306 e. The van der Waals surface area contributed by atoms with Crippen LogP contribution in [0, 0.1) is 0 Å². The van der Waals surface area contributed by atoms with E-state index >= 15 is 0 Å². The Morgan fingerprint density at radius 3 is 2.75 bits per heavy atom. The molecule has 0 amide bonds. The third kappa shape index (κ3) is 3.10. The van der Waals surface area contributed by atoms with E-state index in [1.807, 2.05) is 18.3 Å². The summed E-state index contributed by atoms with van der Waals surface area (Å²) in [6.45, 7) is 2.19. The second-order valence-electron chi connectivity index (χ2n) is 5.56. The molecule has 0 bridgehead atoms. The van der Waals surface area contributed by atoms with Gasteiger partial charge in [-0.15, -0.1) is 0 Å². The molecule has 3 heteroatoms. The minimum absolute atomic E-state index is 0.324. The van der Waals surface area contributed by atoms with Gasteiger partial charge in [-0.3, -0.25) is 4.98 Å². The van der Waals surface area contributed by atoms with Gasteiger partial charge in [-0.05, 0) is 55.5 Å².